The zero-order chi connectivity index (χ0) is 14.8. The van der Waals surface area contributed by atoms with Gasteiger partial charge < -0.3 is 15.4 Å². The molecule has 20 heavy (non-hydrogen) atoms. The second-order valence-electron chi connectivity index (χ2n) is 5.77. The van der Waals surface area contributed by atoms with Gasteiger partial charge in [-0.1, -0.05) is 25.4 Å². The average molecular weight is 297 g/mol. The first-order valence-electron chi connectivity index (χ1n) is 6.75. The summed E-state index contributed by atoms with van der Waals surface area (Å²) in [6.07, 6.45) is 1.21. The molecule has 1 aromatic carbocycles. The van der Waals surface area contributed by atoms with Crippen LogP contribution in [-0.4, -0.2) is 31.7 Å². The van der Waals surface area contributed by atoms with E-state index in [0.717, 1.165) is 12.1 Å². The highest BCUT2D eigenvalue weighted by Gasteiger charge is 2.48. The van der Waals surface area contributed by atoms with E-state index in [-0.39, 0.29) is 17.4 Å². The van der Waals surface area contributed by atoms with Gasteiger partial charge in [0, 0.05) is 29.3 Å². The Morgan fingerprint density at radius 2 is 2.05 bits per heavy atom. The van der Waals surface area contributed by atoms with Crippen molar-refractivity contribution in [1.82, 2.24) is 5.32 Å². The fourth-order valence-electron chi connectivity index (χ4n) is 2.59. The van der Waals surface area contributed by atoms with E-state index in [1.54, 1.807) is 31.4 Å². The molecule has 1 aliphatic rings. The highest BCUT2D eigenvalue weighted by molar-refractivity contribution is 6.30. The summed E-state index contributed by atoms with van der Waals surface area (Å²) in [5.41, 5.74) is 0.818. The van der Waals surface area contributed by atoms with E-state index in [1.807, 2.05) is 0 Å². The Morgan fingerprint density at radius 3 is 2.60 bits per heavy atom. The van der Waals surface area contributed by atoms with E-state index in [2.05, 4.69) is 24.5 Å². The number of rotatable bonds is 5. The molecule has 1 aromatic rings. The van der Waals surface area contributed by atoms with Gasteiger partial charge in [-0.3, -0.25) is 4.79 Å². The maximum Gasteiger partial charge on any atom is 0.238 e. The van der Waals surface area contributed by atoms with Gasteiger partial charge in [-0.15, -0.1) is 0 Å². The molecular weight excluding hydrogens is 276 g/mol. The predicted octanol–water partition coefficient (Wildman–Crippen LogP) is 2.68. The predicted molar refractivity (Wildman–Crippen MR) is 81.1 cm³/mol. The fraction of sp³-hybridized carbons (Fsp3) is 0.533. The molecule has 2 rings (SSSR count). The van der Waals surface area contributed by atoms with Crippen LogP contribution in [0.3, 0.4) is 0 Å². The van der Waals surface area contributed by atoms with E-state index in [4.69, 9.17) is 16.3 Å². The molecule has 0 heterocycles. The summed E-state index contributed by atoms with van der Waals surface area (Å²) in [4.78, 5) is 11.9. The largest absolute Gasteiger partial charge is 0.381 e. The first-order valence-corrected chi connectivity index (χ1v) is 7.13. The molecule has 110 valence electrons. The van der Waals surface area contributed by atoms with Gasteiger partial charge in [0.1, 0.15) is 0 Å². The van der Waals surface area contributed by atoms with E-state index in [9.17, 15) is 4.79 Å². The van der Waals surface area contributed by atoms with Crippen LogP contribution >= 0.6 is 11.6 Å². The Kier molecular flexibility index (Phi) is 4.68. The van der Waals surface area contributed by atoms with Crippen LogP contribution in [0.4, 0.5) is 5.69 Å². The van der Waals surface area contributed by atoms with Crippen molar-refractivity contribution in [3.63, 3.8) is 0 Å². The molecule has 2 N–H and O–H groups in total. The molecule has 2 atom stereocenters. The number of carbonyl (C=O) groups is 1. The minimum atomic E-state index is -0.0519. The van der Waals surface area contributed by atoms with Gasteiger partial charge in [-0.05, 0) is 30.7 Å². The molecule has 5 heteroatoms. The minimum Gasteiger partial charge on any atom is -0.381 e. The summed E-state index contributed by atoms with van der Waals surface area (Å²) in [6.45, 7) is 4.60. The number of benzene rings is 1. The molecule has 0 saturated heterocycles. The number of hydrogen-bond donors (Lipinski definition) is 2. The molecule has 0 radical (unpaired) electrons. The zero-order valence-corrected chi connectivity index (χ0v) is 12.8. The number of hydrogen-bond acceptors (Lipinski definition) is 3. The van der Waals surface area contributed by atoms with Crippen LogP contribution in [0, 0.1) is 5.41 Å². The van der Waals surface area contributed by atoms with E-state index < -0.39 is 0 Å². The lowest BCUT2D eigenvalue weighted by molar-refractivity contribution is -0.119. The Labute approximate surface area is 124 Å². The lowest BCUT2D eigenvalue weighted by atomic mass is 9.64. The van der Waals surface area contributed by atoms with Gasteiger partial charge in [0.25, 0.3) is 0 Å². The number of ether oxygens (including phenoxy) is 1. The first-order chi connectivity index (χ1) is 9.43. The second-order valence-corrected chi connectivity index (χ2v) is 6.21. The summed E-state index contributed by atoms with van der Waals surface area (Å²) < 4.78 is 5.39. The van der Waals surface area contributed by atoms with Crippen LogP contribution in [-0.2, 0) is 9.53 Å². The lowest BCUT2D eigenvalue weighted by Crippen LogP contribution is -2.61. The number of halogens is 1. The number of amides is 1. The number of anilines is 1. The molecule has 1 amide bonds. The van der Waals surface area contributed by atoms with Crippen LogP contribution in [0.5, 0.6) is 0 Å². The molecular formula is C15H21ClN2O2. The van der Waals surface area contributed by atoms with Crippen molar-refractivity contribution in [2.45, 2.75) is 32.4 Å². The smallest absolute Gasteiger partial charge is 0.238 e. The quantitative estimate of drug-likeness (QED) is 0.878. The first kappa shape index (κ1) is 15.3. The topological polar surface area (TPSA) is 50.4 Å². The van der Waals surface area contributed by atoms with Crippen molar-refractivity contribution in [2.75, 3.05) is 19.0 Å². The van der Waals surface area contributed by atoms with E-state index in [1.165, 1.54) is 0 Å². The van der Waals surface area contributed by atoms with Crippen LogP contribution in [0.1, 0.15) is 20.3 Å². The Balaban J connectivity index is 1.77. The van der Waals surface area contributed by atoms with Crippen LogP contribution < -0.4 is 10.6 Å². The standard InChI is InChI=1S/C15H21ClN2O2/c1-15(2)12(8-13(15)20-3)17-9-14(19)18-11-6-4-10(16)5-7-11/h4-7,12-13,17H,8-9H2,1-3H3,(H,18,19). The lowest BCUT2D eigenvalue weighted by Gasteiger charge is -2.51. The fourth-order valence-corrected chi connectivity index (χ4v) is 2.71. The van der Waals surface area contributed by atoms with Crippen molar-refractivity contribution in [3.05, 3.63) is 29.3 Å². The van der Waals surface area contributed by atoms with Crippen LogP contribution in [0.15, 0.2) is 24.3 Å². The molecule has 0 aliphatic heterocycles. The molecule has 2 unspecified atom stereocenters. The van der Waals surface area contributed by atoms with Gasteiger partial charge in [-0.2, -0.15) is 0 Å². The van der Waals surface area contributed by atoms with Gasteiger partial charge in [0.2, 0.25) is 5.91 Å². The molecule has 1 aliphatic carbocycles. The van der Waals surface area contributed by atoms with Crippen molar-refractivity contribution >= 4 is 23.2 Å². The maximum absolute atomic E-state index is 11.9. The maximum atomic E-state index is 11.9. The van der Waals surface area contributed by atoms with E-state index >= 15 is 0 Å². The van der Waals surface area contributed by atoms with Crippen LogP contribution in [0.2, 0.25) is 5.02 Å². The highest BCUT2D eigenvalue weighted by atomic mass is 35.5. The van der Waals surface area contributed by atoms with Gasteiger partial charge >= 0.3 is 0 Å². The number of nitrogens with one attached hydrogen (secondary N) is 2. The zero-order valence-electron chi connectivity index (χ0n) is 12.1. The molecule has 4 nitrogen and oxygen atoms in total. The Bertz CT molecular complexity index is 473. The molecule has 0 spiro atoms. The molecule has 1 fully saturated rings. The Morgan fingerprint density at radius 1 is 1.40 bits per heavy atom. The third kappa shape index (κ3) is 3.32. The summed E-state index contributed by atoms with van der Waals surface area (Å²) in [7, 11) is 1.73. The minimum absolute atomic E-state index is 0.0519. The third-order valence-electron chi connectivity index (χ3n) is 4.10. The summed E-state index contributed by atoms with van der Waals surface area (Å²) in [5, 5.41) is 6.78. The molecule has 0 bridgehead atoms. The second kappa shape index (κ2) is 6.12. The van der Waals surface area contributed by atoms with Gasteiger partial charge in [0.05, 0.1) is 12.6 Å². The molecule has 1 saturated carbocycles. The number of methoxy groups -OCH3 is 1. The highest BCUT2D eigenvalue weighted by Crippen LogP contribution is 2.42. The monoisotopic (exact) mass is 296 g/mol. The van der Waals surface area contributed by atoms with Crippen LogP contribution in [0.25, 0.3) is 0 Å². The van der Waals surface area contributed by atoms with Gasteiger partial charge in [-0.25, -0.2) is 0 Å². The summed E-state index contributed by atoms with van der Waals surface area (Å²) >= 11 is 5.80. The van der Waals surface area contributed by atoms with Crippen molar-refractivity contribution in [2.24, 2.45) is 5.41 Å². The van der Waals surface area contributed by atoms with Crippen molar-refractivity contribution in [3.8, 4) is 0 Å². The normalized spacial score (nSPS) is 24.0. The third-order valence-corrected chi connectivity index (χ3v) is 4.35. The Hall–Kier alpha value is -1.10. The molecule has 0 aromatic heterocycles. The average Bonchev–Trinajstić information content (AvgIpc) is 2.40. The van der Waals surface area contributed by atoms with Crippen molar-refractivity contribution in [1.29, 1.82) is 0 Å². The summed E-state index contributed by atoms with van der Waals surface area (Å²) in [5.74, 6) is -0.0519. The van der Waals surface area contributed by atoms with Gasteiger partial charge in [0.15, 0.2) is 0 Å². The SMILES string of the molecule is COC1CC(NCC(=O)Nc2ccc(Cl)cc2)C1(C)C. The summed E-state index contributed by atoms with van der Waals surface area (Å²) in [6, 6.07) is 7.39. The number of carbonyl (C=O) groups excluding carboxylic acids is 1. The van der Waals surface area contributed by atoms with Crippen molar-refractivity contribution < 1.29 is 9.53 Å². The van der Waals surface area contributed by atoms with E-state index in [0.29, 0.717) is 17.6 Å².